The number of nitrogens with zero attached hydrogens (tertiary/aromatic N) is 1. The summed E-state index contributed by atoms with van der Waals surface area (Å²) >= 11 is 0. The third-order valence-electron chi connectivity index (χ3n) is 4.29. The lowest BCUT2D eigenvalue weighted by molar-refractivity contribution is -0.146. The number of methoxy groups -OCH3 is 1. The summed E-state index contributed by atoms with van der Waals surface area (Å²) in [5, 5.41) is 9.05. The highest BCUT2D eigenvalue weighted by atomic mass is 16.5. The zero-order valence-corrected chi connectivity index (χ0v) is 13.1. The van der Waals surface area contributed by atoms with Crippen LogP contribution in [0.3, 0.4) is 0 Å². The molecule has 0 bridgehead atoms. The summed E-state index contributed by atoms with van der Waals surface area (Å²) < 4.78 is 4.64. The first-order valence-corrected chi connectivity index (χ1v) is 7.33. The molecule has 1 aliphatic rings. The maximum atomic E-state index is 12.3. The van der Waals surface area contributed by atoms with Crippen molar-refractivity contribution in [1.29, 1.82) is 0 Å². The van der Waals surface area contributed by atoms with Crippen molar-refractivity contribution in [3.05, 3.63) is 0 Å². The molecule has 120 valence electrons. The molecule has 21 heavy (non-hydrogen) atoms. The first-order valence-electron chi connectivity index (χ1n) is 7.33. The van der Waals surface area contributed by atoms with Crippen LogP contribution in [-0.4, -0.2) is 48.6 Å². The van der Waals surface area contributed by atoms with Gasteiger partial charge in [-0.25, -0.2) is 0 Å². The number of ether oxygens (including phenoxy) is 1. The van der Waals surface area contributed by atoms with Gasteiger partial charge < -0.3 is 14.7 Å². The van der Waals surface area contributed by atoms with Gasteiger partial charge in [0.15, 0.2) is 0 Å². The van der Waals surface area contributed by atoms with Gasteiger partial charge in [-0.1, -0.05) is 19.8 Å². The number of hydrogen-bond donors (Lipinski definition) is 1. The van der Waals surface area contributed by atoms with E-state index in [0.717, 1.165) is 25.7 Å². The molecule has 1 saturated carbocycles. The average molecular weight is 299 g/mol. The van der Waals surface area contributed by atoms with Crippen LogP contribution in [0.4, 0.5) is 0 Å². The molecular weight excluding hydrogens is 274 g/mol. The Morgan fingerprint density at radius 2 is 1.81 bits per heavy atom. The van der Waals surface area contributed by atoms with Gasteiger partial charge in [0.05, 0.1) is 19.4 Å². The van der Waals surface area contributed by atoms with Gasteiger partial charge in [0.2, 0.25) is 5.91 Å². The lowest BCUT2D eigenvalue weighted by Crippen LogP contribution is -2.37. The molecule has 0 aromatic heterocycles. The topological polar surface area (TPSA) is 83.9 Å². The van der Waals surface area contributed by atoms with Crippen LogP contribution in [0.15, 0.2) is 0 Å². The first-order chi connectivity index (χ1) is 9.79. The molecule has 0 spiro atoms. The summed E-state index contributed by atoms with van der Waals surface area (Å²) in [7, 11) is 2.96. The van der Waals surface area contributed by atoms with Gasteiger partial charge in [0.1, 0.15) is 0 Å². The highest BCUT2D eigenvalue weighted by molar-refractivity contribution is 5.79. The van der Waals surface area contributed by atoms with Gasteiger partial charge >= 0.3 is 11.9 Å². The fourth-order valence-corrected chi connectivity index (χ4v) is 3.11. The van der Waals surface area contributed by atoms with Crippen molar-refractivity contribution in [3.63, 3.8) is 0 Å². The van der Waals surface area contributed by atoms with E-state index in [9.17, 15) is 14.4 Å². The van der Waals surface area contributed by atoms with Gasteiger partial charge in [-0.15, -0.1) is 0 Å². The molecule has 0 radical (unpaired) electrons. The lowest BCUT2D eigenvalue weighted by atomic mass is 9.79. The Balaban J connectivity index is 2.61. The maximum absolute atomic E-state index is 12.3. The van der Waals surface area contributed by atoms with E-state index in [1.807, 2.05) is 0 Å². The molecule has 6 heteroatoms. The minimum Gasteiger partial charge on any atom is -0.481 e. The highest BCUT2D eigenvalue weighted by Gasteiger charge is 2.38. The number of carbonyl (C=O) groups is 3. The van der Waals surface area contributed by atoms with Crippen LogP contribution in [0.2, 0.25) is 0 Å². The number of aliphatic carboxylic acids is 1. The van der Waals surface area contributed by atoms with Crippen molar-refractivity contribution in [2.75, 3.05) is 20.7 Å². The van der Waals surface area contributed by atoms with Gasteiger partial charge in [0.25, 0.3) is 0 Å². The highest BCUT2D eigenvalue weighted by Crippen LogP contribution is 2.44. The van der Waals surface area contributed by atoms with Crippen LogP contribution in [0.5, 0.6) is 0 Å². The molecule has 1 N–H and O–H groups in total. The second-order valence-corrected chi connectivity index (χ2v) is 6.15. The Morgan fingerprint density at radius 3 is 2.29 bits per heavy atom. The van der Waals surface area contributed by atoms with E-state index in [2.05, 4.69) is 4.74 Å². The molecule has 0 aromatic rings. The number of hydrogen-bond acceptors (Lipinski definition) is 4. The Morgan fingerprint density at radius 1 is 1.24 bits per heavy atom. The quantitative estimate of drug-likeness (QED) is 0.723. The summed E-state index contributed by atoms with van der Waals surface area (Å²) in [5.41, 5.74) is -0.411. The van der Waals surface area contributed by atoms with E-state index >= 15 is 0 Å². The van der Waals surface area contributed by atoms with Crippen LogP contribution in [0, 0.1) is 11.3 Å². The second-order valence-electron chi connectivity index (χ2n) is 6.15. The predicted molar refractivity (Wildman–Crippen MR) is 76.6 cm³/mol. The van der Waals surface area contributed by atoms with E-state index < -0.39 is 11.4 Å². The second kappa shape index (κ2) is 7.43. The monoisotopic (exact) mass is 299 g/mol. The van der Waals surface area contributed by atoms with Crippen molar-refractivity contribution in [3.8, 4) is 0 Å². The molecule has 0 saturated heterocycles. The normalized spacial score (nSPS) is 18.0. The lowest BCUT2D eigenvalue weighted by Gasteiger charge is -2.29. The molecule has 6 nitrogen and oxygen atoms in total. The Labute approximate surface area is 125 Å². The third kappa shape index (κ3) is 5.02. The van der Waals surface area contributed by atoms with Crippen molar-refractivity contribution in [2.24, 2.45) is 11.3 Å². The van der Waals surface area contributed by atoms with Crippen LogP contribution < -0.4 is 0 Å². The van der Waals surface area contributed by atoms with Gasteiger partial charge in [-0.2, -0.15) is 0 Å². The molecule has 1 atom stereocenters. The van der Waals surface area contributed by atoms with Crippen molar-refractivity contribution in [2.45, 2.75) is 45.4 Å². The SMILES string of the molecule is COC(=O)C(C)CN(C)C(=O)CC1(CC(=O)O)CCCC1. The molecular formula is C15H25NO5. The van der Waals surface area contributed by atoms with Crippen LogP contribution >= 0.6 is 0 Å². The van der Waals surface area contributed by atoms with E-state index in [4.69, 9.17) is 5.11 Å². The minimum absolute atomic E-state index is 0.0408. The number of carbonyl (C=O) groups excluding carboxylic acids is 2. The van der Waals surface area contributed by atoms with E-state index in [-0.39, 0.29) is 37.2 Å². The molecule has 0 aliphatic heterocycles. The van der Waals surface area contributed by atoms with Crippen molar-refractivity contribution < 1.29 is 24.2 Å². The van der Waals surface area contributed by atoms with Gasteiger partial charge in [0, 0.05) is 20.0 Å². The summed E-state index contributed by atoms with van der Waals surface area (Å²) in [6.45, 7) is 1.99. The molecule has 1 aliphatic carbocycles. The summed E-state index contributed by atoms with van der Waals surface area (Å²) in [6.07, 6.45) is 3.80. The largest absolute Gasteiger partial charge is 0.481 e. The fourth-order valence-electron chi connectivity index (χ4n) is 3.11. The predicted octanol–water partition coefficient (Wildman–Crippen LogP) is 1.68. The van der Waals surface area contributed by atoms with Crippen LogP contribution in [-0.2, 0) is 19.1 Å². The summed E-state index contributed by atoms with van der Waals surface area (Å²) in [4.78, 5) is 36.2. The smallest absolute Gasteiger partial charge is 0.310 e. The number of amides is 1. The molecule has 0 aromatic carbocycles. The van der Waals surface area contributed by atoms with Crippen molar-refractivity contribution in [1.82, 2.24) is 4.90 Å². The maximum Gasteiger partial charge on any atom is 0.310 e. The zero-order chi connectivity index (χ0) is 16.0. The van der Waals surface area contributed by atoms with Crippen LogP contribution in [0.1, 0.15) is 45.4 Å². The van der Waals surface area contributed by atoms with Crippen LogP contribution in [0.25, 0.3) is 0 Å². The van der Waals surface area contributed by atoms with Gasteiger partial charge in [-0.05, 0) is 18.3 Å². The fraction of sp³-hybridized carbons (Fsp3) is 0.800. The molecule has 1 rings (SSSR count). The average Bonchev–Trinajstić information content (AvgIpc) is 2.84. The summed E-state index contributed by atoms with van der Waals surface area (Å²) in [5.74, 6) is -1.69. The number of carboxylic acids is 1. The van der Waals surface area contributed by atoms with E-state index in [0.29, 0.717) is 0 Å². The first kappa shape index (κ1) is 17.5. The molecule has 1 amide bonds. The standard InChI is InChI=1S/C15H25NO5/c1-11(14(20)21-3)10-16(2)12(17)8-15(9-13(18)19)6-4-5-7-15/h11H,4-10H2,1-3H3,(H,18,19). The number of esters is 1. The molecule has 0 heterocycles. The number of rotatable bonds is 7. The minimum atomic E-state index is -0.852. The number of carboxylic acid groups (broad SMARTS) is 1. The van der Waals surface area contributed by atoms with Gasteiger partial charge in [-0.3, -0.25) is 14.4 Å². The zero-order valence-electron chi connectivity index (χ0n) is 13.1. The Bertz CT molecular complexity index is 401. The molecule has 1 unspecified atom stereocenters. The van der Waals surface area contributed by atoms with E-state index in [1.54, 1.807) is 14.0 Å². The Kier molecular flexibility index (Phi) is 6.18. The van der Waals surface area contributed by atoms with Crippen molar-refractivity contribution >= 4 is 17.8 Å². The molecule has 1 fully saturated rings. The van der Waals surface area contributed by atoms with E-state index in [1.165, 1.54) is 12.0 Å². The third-order valence-corrected chi connectivity index (χ3v) is 4.29. The summed E-state index contributed by atoms with van der Waals surface area (Å²) in [6, 6.07) is 0. The Hall–Kier alpha value is -1.59.